The van der Waals surface area contributed by atoms with Crippen LogP contribution in [0.3, 0.4) is 0 Å². The smallest absolute Gasteiger partial charge is 0.277 e. The van der Waals surface area contributed by atoms with E-state index in [0.717, 1.165) is 20.8 Å². The van der Waals surface area contributed by atoms with Crippen LogP contribution < -0.4 is 0 Å². The number of thioether (sulfide) groups is 1. The van der Waals surface area contributed by atoms with Crippen molar-refractivity contribution in [3.05, 3.63) is 53.8 Å². The molecule has 0 saturated heterocycles. The second-order valence-corrected chi connectivity index (χ2v) is 8.09. The van der Waals surface area contributed by atoms with E-state index in [0.29, 0.717) is 11.1 Å². The maximum atomic E-state index is 12.6. The fraction of sp³-hybridized carbons (Fsp3) is 0.211. The summed E-state index contributed by atoms with van der Waals surface area (Å²) in [6.07, 6.45) is 3.33. The highest BCUT2D eigenvalue weighted by atomic mass is 32.2. The lowest BCUT2D eigenvalue weighted by Gasteiger charge is -2.22. The molecule has 28 heavy (non-hydrogen) atoms. The fourth-order valence-electron chi connectivity index (χ4n) is 2.55. The van der Waals surface area contributed by atoms with Gasteiger partial charge in [0.1, 0.15) is 5.01 Å². The van der Waals surface area contributed by atoms with Gasteiger partial charge in [-0.05, 0) is 31.2 Å². The van der Waals surface area contributed by atoms with Gasteiger partial charge in [-0.2, -0.15) is 0 Å². The second kappa shape index (κ2) is 8.07. The van der Waals surface area contributed by atoms with E-state index < -0.39 is 0 Å². The third kappa shape index (κ3) is 3.90. The van der Waals surface area contributed by atoms with Gasteiger partial charge in [-0.25, -0.2) is 4.98 Å². The summed E-state index contributed by atoms with van der Waals surface area (Å²) in [5.41, 5.74) is 1.70. The Labute approximate surface area is 169 Å². The average Bonchev–Trinajstić information content (AvgIpc) is 3.38. The first-order valence-corrected chi connectivity index (χ1v) is 10.4. The maximum absolute atomic E-state index is 12.6. The fourth-order valence-corrected chi connectivity index (χ4v) is 4.30. The Kier molecular flexibility index (Phi) is 5.36. The molecule has 7 nitrogen and oxygen atoms in total. The minimum Gasteiger partial charge on any atom is -0.411 e. The van der Waals surface area contributed by atoms with Crippen molar-refractivity contribution in [2.45, 2.75) is 18.2 Å². The van der Waals surface area contributed by atoms with Crippen molar-refractivity contribution in [3.63, 3.8) is 0 Å². The van der Waals surface area contributed by atoms with Gasteiger partial charge in [0.2, 0.25) is 11.8 Å². The summed E-state index contributed by atoms with van der Waals surface area (Å²) in [4.78, 5) is 23.0. The number of hydrogen-bond acceptors (Lipinski definition) is 8. The first kappa shape index (κ1) is 18.6. The van der Waals surface area contributed by atoms with Gasteiger partial charge in [0.15, 0.2) is 0 Å². The van der Waals surface area contributed by atoms with Crippen LogP contribution in [0, 0.1) is 0 Å². The van der Waals surface area contributed by atoms with E-state index in [4.69, 9.17) is 4.42 Å². The number of benzene rings is 1. The van der Waals surface area contributed by atoms with Crippen LogP contribution in [-0.4, -0.2) is 43.8 Å². The summed E-state index contributed by atoms with van der Waals surface area (Å²) in [7, 11) is 1.79. The summed E-state index contributed by atoms with van der Waals surface area (Å²) >= 11 is 2.83. The Morgan fingerprint density at radius 2 is 2.11 bits per heavy atom. The van der Waals surface area contributed by atoms with Gasteiger partial charge in [-0.1, -0.05) is 23.9 Å². The van der Waals surface area contributed by atoms with E-state index in [1.54, 1.807) is 41.7 Å². The van der Waals surface area contributed by atoms with Crippen molar-refractivity contribution in [3.8, 4) is 11.5 Å². The molecule has 0 N–H and O–H groups in total. The molecule has 3 heterocycles. The first-order chi connectivity index (χ1) is 13.6. The zero-order valence-electron chi connectivity index (χ0n) is 15.3. The van der Waals surface area contributed by atoms with E-state index in [9.17, 15) is 4.79 Å². The van der Waals surface area contributed by atoms with Crippen LogP contribution >= 0.6 is 23.1 Å². The first-order valence-electron chi connectivity index (χ1n) is 8.59. The van der Waals surface area contributed by atoms with Crippen LogP contribution in [0.4, 0.5) is 0 Å². The second-order valence-electron chi connectivity index (χ2n) is 6.10. The van der Waals surface area contributed by atoms with Gasteiger partial charge in [-0.3, -0.25) is 9.78 Å². The predicted molar refractivity (Wildman–Crippen MR) is 109 cm³/mol. The van der Waals surface area contributed by atoms with Crippen LogP contribution in [-0.2, 0) is 4.79 Å². The van der Waals surface area contributed by atoms with E-state index in [2.05, 4.69) is 20.2 Å². The van der Waals surface area contributed by atoms with Crippen LogP contribution in [0.5, 0.6) is 0 Å². The zero-order chi connectivity index (χ0) is 19.5. The number of thiazole rings is 1. The van der Waals surface area contributed by atoms with Gasteiger partial charge in [0, 0.05) is 19.4 Å². The third-order valence-corrected chi connectivity index (χ3v) is 6.29. The topological polar surface area (TPSA) is 85.0 Å². The molecular weight excluding hydrogens is 394 g/mol. The van der Waals surface area contributed by atoms with Crippen LogP contribution in [0.1, 0.15) is 18.0 Å². The molecule has 0 spiro atoms. The number of amides is 1. The summed E-state index contributed by atoms with van der Waals surface area (Å²) in [5.74, 6) is 0.567. The summed E-state index contributed by atoms with van der Waals surface area (Å²) in [6, 6.07) is 11.5. The molecule has 0 aliphatic heterocycles. The summed E-state index contributed by atoms with van der Waals surface area (Å²) < 4.78 is 6.72. The van der Waals surface area contributed by atoms with Crippen molar-refractivity contribution < 1.29 is 9.21 Å². The highest BCUT2D eigenvalue weighted by molar-refractivity contribution is 7.99. The number of para-hydroxylation sites is 1. The number of hydrogen-bond donors (Lipinski definition) is 0. The lowest BCUT2D eigenvalue weighted by Crippen LogP contribution is -2.31. The number of rotatable bonds is 6. The van der Waals surface area contributed by atoms with E-state index >= 15 is 0 Å². The van der Waals surface area contributed by atoms with Crippen molar-refractivity contribution in [1.82, 2.24) is 25.1 Å². The number of carbonyl (C=O) groups is 1. The molecule has 9 heteroatoms. The number of carbonyl (C=O) groups excluding carboxylic acids is 1. The molecule has 0 saturated carbocycles. The van der Waals surface area contributed by atoms with Gasteiger partial charge in [0.05, 0.1) is 27.6 Å². The maximum Gasteiger partial charge on any atom is 0.277 e. The summed E-state index contributed by atoms with van der Waals surface area (Å²) in [6.45, 7) is 1.98. The van der Waals surface area contributed by atoms with Crippen molar-refractivity contribution >= 4 is 39.2 Å². The summed E-state index contributed by atoms with van der Waals surface area (Å²) in [5, 5.41) is 9.27. The minimum atomic E-state index is -0.112. The molecular formula is C19H17N5O2S2. The van der Waals surface area contributed by atoms with E-state index in [1.807, 2.05) is 37.3 Å². The van der Waals surface area contributed by atoms with Crippen molar-refractivity contribution in [1.29, 1.82) is 0 Å². The molecule has 4 aromatic rings. The highest BCUT2D eigenvalue weighted by Gasteiger charge is 2.21. The molecule has 142 valence electrons. The van der Waals surface area contributed by atoms with E-state index in [-0.39, 0.29) is 17.7 Å². The Morgan fingerprint density at radius 3 is 2.89 bits per heavy atom. The average molecular weight is 412 g/mol. The van der Waals surface area contributed by atoms with Crippen molar-refractivity contribution in [2.24, 2.45) is 0 Å². The van der Waals surface area contributed by atoms with Crippen molar-refractivity contribution in [2.75, 3.05) is 12.8 Å². The van der Waals surface area contributed by atoms with Gasteiger partial charge < -0.3 is 9.32 Å². The SMILES string of the molecule is C[C@H](c1nc2ccccc2s1)N(C)C(=O)CSc1nnc(-c2cccnc2)o1. The number of pyridine rings is 1. The molecule has 0 radical (unpaired) electrons. The Bertz CT molecular complexity index is 1060. The molecule has 0 bridgehead atoms. The molecule has 0 aliphatic carbocycles. The van der Waals surface area contributed by atoms with Gasteiger partial charge in [-0.15, -0.1) is 21.5 Å². The molecule has 4 rings (SSSR count). The molecule has 1 aromatic carbocycles. The van der Waals surface area contributed by atoms with Crippen LogP contribution in [0.25, 0.3) is 21.7 Å². The van der Waals surface area contributed by atoms with Gasteiger partial charge >= 0.3 is 0 Å². The highest BCUT2D eigenvalue weighted by Crippen LogP contribution is 2.29. The third-order valence-electron chi connectivity index (χ3n) is 4.28. The standard InChI is InChI=1S/C19H17N5O2S2/c1-12(18-21-14-7-3-4-8-15(14)28-18)24(2)16(25)11-27-19-23-22-17(26-19)13-6-5-9-20-10-13/h3-10,12H,11H2,1-2H3/t12-/m1/s1. The molecule has 0 aliphatic rings. The normalized spacial score (nSPS) is 12.2. The molecule has 0 fully saturated rings. The van der Waals surface area contributed by atoms with Crippen LogP contribution in [0.15, 0.2) is 58.4 Å². The number of aromatic nitrogens is 4. The predicted octanol–water partition coefficient (Wildman–Crippen LogP) is 4.05. The van der Waals surface area contributed by atoms with Crippen LogP contribution in [0.2, 0.25) is 0 Å². The molecule has 1 atom stereocenters. The Balaban J connectivity index is 1.38. The quantitative estimate of drug-likeness (QED) is 0.442. The van der Waals surface area contributed by atoms with Gasteiger partial charge in [0.25, 0.3) is 5.22 Å². The molecule has 3 aromatic heterocycles. The lowest BCUT2D eigenvalue weighted by molar-refractivity contribution is -0.128. The Hall–Kier alpha value is -2.78. The zero-order valence-corrected chi connectivity index (χ0v) is 16.9. The Morgan fingerprint density at radius 1 is 1.25 bits per heavy atom. The monoisotopic (exact) mass is 411 g/mol. The number of nitrogens with zero attached hydrogens (tertiary/aromatic N) is 5. The molecule has 1 amide bonds. The number of fused-ring (bicyclic) bond motifs is 1. The molecule has 0 unspecified atom stereocenters. The minimum absolute atomic E-state index is 0.0297. The van der Waals surface area contributed by atoms with E-state index in [1.165, 1.54) is 11.8 Å². The largest absolute Gasteiger partial charge is 0.411 e. The lowest BCUT2D eigenvalue weighted by atomic mass is 10.3.